The third-order valence-corrected chi connectivity index (χ3v) is 3.97. The van der Waals surface area contributed by atoms with Crippen LogP contribution < -0.4 is 0 Å². The largest absolute Gasteiger partial charge is 0.411 e. The van der Waals surface area contributed by atoms with Crippen molar-refractivity contribution in [1.29, 1.82) is 0 Å². The van der Waals surface area contributed by atoms with E-state index in [9.17, 15) is 0 Å². The first kappa shape index (κ1) is 14.5. The summed E-state index contributed by atoms with van der Waals surface area (Å²) in [6.45, 7) is 10.1. The summed E-state index contributed by atoms with van der Waals surface area (Å²) < 4.78 is 0. The van der Waals surface area contributed by atoms with Crippen molar-refractivity contribution in [2.24, 2.45) is 17.0 Å². The number of rotatable bonds is 6. The zero-order valence-corrected chi connectivity index (χ0v) is 11.7. The molecule has 1 fully saturated rings. The number of hydrogen-bond acceptors (Lipinski definition) is 3. The fourth-order valence-corrected chi connectivity index (χ4v) is 2.70. The van der Waals surface area contributed by atoms with E-state index in [1.165, 1.54) is 32.2 Å². The Morgan fingerprint density at radius 1 is 1.47 bits per heavy atom. The van der Waals surface area contributed by atoms with E-state index in [0.717, 1.165) is 31.1 Å². The molecule has 0 aromatic heterocycles. The molecule has 1 N–H and O–H groups in total. The number of oxime groups is 1. The Balaban J connectivity index is 2.36. The highest BCUT2D eigenvalue weighted by Crippen LogP contribution is 2.19. The van der Waals surface area contributed by atoms with Gasteiger partial charge < -0.3 is 10.1 Å². The van der Waals surface area contributed by atoms with Crippen molar-refractivity contribution in [2.45, 2.75) is 52.9 Å². The van der Waals surface area contributed by atoms with E-state index in [2.05, 4.69) is 30.8 Å². The number of hydrogen-bond donors (Lipinski definition) is 1. The number of likely N-dealkylation sites (tertiary alicyclic amines) is 1. The van der Waals surface area contributed by atoms with Gasteiger partial charge in [0.05, 0.1) is 5.71 Å². The molecule has 0 aliphatic carbocycles. The molecule has 0 radical (unpaired) electrons. The minimum atomic E-state index is 0.414. The van der Waals surface area contributed by atoms with Gasteiger partial charge in [0.1, 0.15) is 0 Å². The van der Waals surface area contributed by atoms with Crippen molar-refractivity contribution in [3.63, 3.8) is 0 Å². The van der Waals surface area contributed by atoms with Crippen molar-refractivity contribution < 1.29 is 5.21 Å². The van der Waals surface area contributed by atoms with E-state index in [0.29, 0.717) is 5.92 Å². The van der Waals surface area contributed by atoms with Gasteiger partial charge in [-0.25, -0.2) is 0 Å². The van der Waals surface area contributed by atoms with Gasteiger partial charge >= 0.3 is 0 Å². The number of piperidine rings is 1. The molecule has 3 nitrogen and oxygen atoms in total. The first-order chi connectivity index (χ1) is 8.21. The normalized spacial score (nSPS) is 26.3. The predicted octanol–water partition coefficient (Wildman–Crippen LogP) is 3.37. The first-order valence-corrected chi connectivity index (χ1v) is 7.14. The Labute approximate surface area is 106 Å². The van der Waals surface area contributed by atoms with Crippen LogP contribution >= 0.6 is 0 Å². The Hall–Kier alpha value is -0.570. The fourth-order valence-electron chi connectivity index (χ4n) is 2.70. The van der Waals surface area contributed by atoms with Crippen LogP contribution in [0.3, 0.4) is 0 Å². The van der Waals surface area contributed by atoms with E-state index in [1.54, 1.807) is 0 Å². The zero-order chi connectivity index (χ0) is 12.7. The van der Waals surface area contributed by atoms with E-state index >= 15 is 0 Å². The minimum Gasteiger partial charge on any atom is -0.411 e. The second-order valence-electron chi connectivity index (χ2n) is 5.42. The molecular formula is C14H28N2O. The standard InChI is InChI=1S/C14H28N2O/c1-4-6-7-13(5-2)11-16-9-8-14(15-17)12(3)10-16/h12-13,17H,4-11H2,1-3H3. The van der Waals surface area contributed by atoms with Gasteiger partial charge in [0.2, 0.25) is 0 Å². The van der Waals surface area contributed by atoms with Gasteiger partial charge in [-0.05, 0) is 12.3 Å². The first-order valence-electron chi connectivity index (χ1n) is 7.14. The quantitative estimate of drug-likeness (QED) is 0.570. The zero-order valence-electron chi connectivity index (χ0n) is 11.7. The van der Waals surface area contributed by atoms with Crippen molar-refractivity contribution in [3.8, 4) is 0 Å². The molecule has 0 amide bonds. The summed E-state index contributed by atoms with van der Waals surface area (Å²) in [6.07, 6.45) is 6.23. The van der Waals surface area contributed by atoms with Gasteiger partial charge in [0.15, 0.2) is 0 Å². The average molecular weight is 240 g/mol. The Bertz CT molecular complexity index is 240. The van der Waals surface area contributed by atoms with Crippen LogP contribution in [0.2, 0.25) is 0 Å². The molecule has 2 atom stereocenters. The van der Waals surface area contributed by atoms with Crippen molar-refractivity contribution in [3.05, 3.63) is 0 Å². The summed E-state index contributed by atoms with van der Waals surface area (Å²) in [4.78, 5) is 2.54. The van der Waals surface area contributed by atoms with Gasteiger partial charge in [0.25, 0.3) is 0 Å². The molecule has 2 unspecified atom stereocenters. The lowest BCUT2D eigenvalue weighted by Crippen LogP contribution is -2.42. The molecule has 0 aromatic carbocycles. The molecule has 100 valence electrons. The fraction of sp³-hybridized carbons (Fsp3) is 0.929. The summed E-state index contributed by atoms with van der Waals surface area (Å²) in [5.74, 6) is 1.26. The van der Waals surface area contributed by atoms with Gasteiger partial charge in [-0.15, -0.1) is 0 Å². The average Bonchev–Trinajstić information content (AvgIpc) is 2.34. The van der Waals surface area contributed by atoms with Crippen LogP contribution in [-0.2, 0) is 0 Å². The van der Waals surface area contributed by atoms with Gasteiger partial charge in [-0.1, -0.05) is 45.2 Å². The van der Waals surface area contributed by atoms with Crippen LogP contribution in [0.1, 0.15) is 52.9 Å². The summed E-state index contributed by atoms with van der Waals surface area (Å²) in [5, 5.41) is 12.3. The SMILES string of the molecule is CCCCC(CC)CN1CCC(=NO)C(C)C1. The van der Waals surface area contributed by atoms with Crippen LogP contribution in [0, 0.1) is 11.8 Å². The second kappa shape index (κ2) is 7.70. The maximum atomic E-state index is 8.86. The van der Waals surface area contributed by atoms with E-state index in [-0.39, 0.29) is 0 Å². The van der Waals surface area contributed by atoms with Crippen LogP contribution in [-0.4, -0.2) is 35.5 Å². The van der Waals surface area contributed by atoms with Gasteiger partial charge in [0, 0.05) is 32.0 Å². The molecule has 3 heteroatoms. The lowest BCUT2D eigenvalue weighted by Gasteiger charge is -2.33. The smallest absolute Gasteiger partial charge is 0.0624 e. The molecule has 0 bridgehead atoms. The van der Waals surface area contributed by atoms with Crippen LogP contribution in [0.25, 0.3) is 0 Å². The maximum absolute atomic E-state index is 8.86. The minimum absolute atomic E-state index is 0.414. The van der Waals surface area contributed by atoms with E-state index < -0.39 is 0 Å². The highest BCUT2D eigenvalue weighted by atomic mass is 16.4. The van der Waals surface area contributed by atoms with Crippen molar-refractivity contribution in [2.75, 3.05) is 19.6 Å². The molecule has 1 aliphatic rings. The molecule has 0 spiro atoms. The number of unbranched alkanes of at least 4 members (excludes halogenated alkanes) is 1. The van der Waals surface area contributed by atoms with E-state index in [1.807, 2.05) is 0 Å². The molecule has 1 saturated heterocycles. The molecule has 17 heavy (non-hydrogen) atoms. The van der Waals surface area contributed by atoms with Crippen LogP contribution in [0.5, 0.6) is 0 Å². The maximum Gasteiger partial charge on any atom is 0.0624 e. The lowest BCUT2D eigenvalue weighted by atomic mass is 9.94. The summed E-state index contributed by atoms with van der Waals surface area (Å²) in [7, 11) is 0. The molecule has 1 aliphatic heterocycles. The summed E-state index contributed by atoms with van der Waals surface area (Å²) in [6, 6.07) is 0. The summed E-state index contributed by atoms with van der Waals surface area (Å²) >= 11 is 0. The molecule has 0 saturated carbocycles. The molecule has 1 rings (SSSR count). The van der Waals surface area contributed by atoms with Gasteiger partial charge in [-0.3, -0.25) is 0 Å². The molecule has 0 aromatic rings. The number of nitrogens with zero attached hydrogens (tertiary/aromatic N) is 2. The second-order valence-corrected chi connectivity index (χ2v) is 5.42. The Kier molecular flexibility index (Phi) is 6.56. The van der Waals surface area contributed by atoms with Gasteiger partial charge in [-0.2, -0.15) is 0 Å². The third-order valence-electron chi connectivity index (χ3n) is 3.97. The van der Waals surface area contributed by atoms with Crippen LogP contribution in [0.15, 0.2) is 5.16 Å². The Morgan fingerprint density at radius 3 is 2.76 bits per heavy atom. The highest BCUT2D eigenvalue weighted by molar-refractivity contribution is 5.86. The van der Waals surface area contributed by atoms with Crippen molar-refractivity contribution >= 4 is 5.71 Å². The lowest BCUT2D eigenvalue weighted by molar-refractivity contribution is 0.194. The third kappa shape index (κ3) is 4.66. The topological polar surface area (TPSA) is 35.8 Å². The Morgan fingerprint density at radius 2 is 2.24 bits per heavy atom. The molecular weight excluding hydrogens is 212 g/mol. The van der Waals surface area contributed by atoms with Crippen molar-refractivity contribution in [1.82, 2.24) is 4.90 Å². The molecule has 1 heterocycles. The highest BCUT2D eigenvalue weighted by Gasteiger charge is 2.23. The summed E-state index contributed by atoms with van der Waals surface area (Å²) in [5.41, 5.74) is 0.975. The van der Waals surface area contributed by atoms with E-state index in [4.69, 9.17) is 5.21 Å². The monoisotopic (exact) mass is 240 g/mol. The van der Waals surface area contributed by atoms with Crippen LogP contribution in [0.4, 0.5) is 0 Å². The predicted molar refractivity (Wildman–Crippen MR) is 72.7 cm³/mol.